The molecule has 0 fully saturated rings. The minimum absolute atomic E-state index is 0.0425. The van der Waals surface area contributed by atoms with E-state index in [0.717, 1.165) is 29.8 Å². The molecule has 1 N–H and O–H groups in total. The molecule has 0 aliphatic heterocycles. The molecular formula is C25H29N3O2. The average Bonchev–Trinajstić information content (AvgIpc) is 3.12. The fraction of sp³-hybridized carbons (Fsp3) is 0.480. The minimum atomic E-state index is -0.743. The van der Waals surface area contributed by atoms with E-state index in [-0.39, 0.29) is 17.7 Å². The van der Waals surface area contributed by atoms with Crippen LogP contribution in [0.4, 0.5) is 0 Å². The Hall–Kier alpha value is -2.71. The maximum absolute atomic E-state index is 12.7. The smallest absolute Gasteiger partial charge is 0.229 e. The van der Waals surface area contributed by atoms with Crippen molar-refractivity contribution in [2.45, 2.75) is 64.9 Å². The number of carbonyl (C=O) groups is 1. The van der Waals surface area contributed by atoms with Gasteiger partial charge in [0.15, 0.2) is 0 Å². The third-order valence-corrected chi connectivity index (χ3v) is 7.13. The van der Waals surface area contributed by atoms with Gasteiger partial charge in [0, 0.05) is 23.6 Å². The van der Waals surface area contributed by atoms with Gasteiger partial charge in [0.05, 0.1) is 23.4 Å². The number of allylic oxidation sites excluding steroid dienone is 1. The number of hydrogen-bond donors (Lipinski definition) is 1. The van der Waals surface area contributed by atoms with E-state index in [0.29, 0.717) is 17.3 Å². The minimum Gasteiger partial charge on any atom is -0.387 e. The highest BCUT2D eigenvalue weighted by molar-refractivity contribution is 5.83. The first kappa shape index (κ1) is 20.6. The molecule has 0 amide bonds. The summed E-state index contributed by atoms with van der Waals surface area (Å²) in [5, 5.41) is 20.1. The number of imidazole rings is 1. The van der Waals surface area contributed by atoms with Crippen LogP contribution in [0.5, 0.6) is 0 Å². The second kappa shape index (κ2) is 7.21. The molecule has 0 radical (unpaired) electrons. The van der Waals surface area contributed by atoms with Crippen molar-refractivity contribution in [3.63, 3.8) is 0 Å². The number of aliphatic hydroxyl groups is 1. The van der Waals surface area contributed by atoms with Crippen molar-refractivity contribution in [3.8, 4) is 17.5 Å². The number of aliphatic hydroxyl groups excluding tert-OH is 1. The molecule has 0 spiro atoms. The van der Waals surface area contributed by atoms with Crippen molar-refractivity contribution in [1.82, 2.24) is 9.55 Å². The molecule has 30 heavy (non-hydrogen) atoms. The molecule has 0 bridgehead atoms. The first-order chi connectivity index (χ1) is 14.2. The van der Waals surface area contributed by atoms with Crippen molar-refractivity contribution in [2.75, 3.05) is 0 Å². The van der Waals surface area contributed by atoms with Crippen LogP contribution < -0.4 is 0 Å². The van der Waals surface area contributed by atoms with Crippen LogP contribution in [0.15, 0.2) is 35.9 Å². The number of benzene rings is 1. The first-order valence-corrected chi connectivity index (χ1v) is 10.7. The highest BCUT2D eigenvalue weighted by Crippen LogP contribution is 2.51. The molecule has 1 unspecified atom stereocenters. The van der Waals surface area contributed by atoms with Crippen LogP contribution in [-0.4, -0.2) is 26.7 Å². The Morgan fingerprint density at radius 2 is 2.00 bits per heavy atom. The molecule has 5 nitrogen and oxygen atoms in total. The van der Waals surface area contributed by atoms with E-state index >= 15 is 0 Å². The lowest BCUT2D eigenvalue weighted by Crippen LogP contribution is -2.47. The molecule has 1 heterocycles. The van der Waals surface area contributed by atoms with Gasteiger partial charge in [-0.2, -0.15) is 5.26 Å². The SMILES string of the molecule is CC(=O)n1c(-c2ccc(C(C)C)cc2)nc2c1CC[C@@H]1[C@@H](C)C(O)C(C#N)=C[C@@]21C. The average molecular weight is 404 g/mol. The van der Waals surface area contributed by atoms with Gasteiger partial charge < -0.3 is 5.11 Å². The molecule has 0 saturated carbocycles. The van der Waals surface area contributed by atoms with Crippen LogP contribution in [0.1, 0.15) is 68.7 Å². The Morgan fingerprint density at radius 3 is 2.57 bits per heavy atom. The predicted octanol–water partition coefficient (Wildman–Crippen LogP) is 4.61. The molecule has 1 aromatic carbocycles. The van der Waals surface area contributed by atoms with E-state index in [1.807, 2.05) is 25.1 Å². The Kier molecular flexibility index (Phi) is 4.94. The zero-order chi connectivity index (χ0) is 21.8. The van der Waals surface area contributed by atoms with Crippen molar-refractivity contribution >= 4 is 5.91 Å². The summed E-state index contributed by atoms with van der Waals surface area (Å²) >= 11 is 0. The lowest BCUT2D eigenvalue weighted by molar-refractivity contribution is 0.0663. The van der Waals surface area contributed by atoms with Crippen LogP contribution in [0.25, 0.3) is 11.4 Å². The molecule has 1 aromatic heterocycles. The highest BCUT2D eigenvalue weighted by Gasteiger charge is 2.50. The molecule has 0 saturated heterocycles. The van der Waals surface area contributed by atoms with Crippen LogP contribution in [-0.2, 0) is 11.8 Å². The fourth-order valence-corrected chi connectivity index (χ4v) is 5.43. The summed E-state index contributed by atoms with van der Waals surface area (Å²) < 4.78 is 1.75. The van der Waals surface area contributed by atoms with Gasteiger partial charge in [0.1, 0.15) is 5.82 Å². The van der Waals surface area contributed by atoms with Gasteiger partial charge in [0.25, 0.3) is 0 Å². The van der Waals surface area contributed by atoms with E-state index in [1.165, 1.54) is 5.56 Å². The second-order valence-corrected chi connectivity index (χ2v) is 9.31. The Morgan fingerprint density at radius 1 is 1.33 bits per heavy atom. The lowest BCUT2D eigenvalue weighted by atomic mass is 9.58. The third-order valence-electron chi connectivity index (χ3n) is 7.13. The molecular weight excluding hydrogens is 374 g/mol. The third kappa shape index (κ3) is 2.94. The van der Waals surface area contributed by atoms with Gasteiger partial charge in [0.2, 0.25) is 5.91 Å². The largest absolute Gasteiger partial charge is 0.387 e. The van der Waals surface area contributed by atoms with Gasteiger partial charge in [-0.1, -0.05) is 58.0 Å². The molecule has 4 rings (SSSR count). The summed E-state index contributed by atoms with van der Waals surface area (Å²) in [6, 6.07) is 10.4. The molecule has 2 aliphatic carbocycles. The van der Waals surface area contributed by atoms with Gasteiger partial charge in [-0.3, -0.25) is 9.36 Å². The van der Waals surface area contributed by atoms with Crippen LogP contribution in [0, 0.1) is 23.2 Å². The summed E-state index contributed by atoms with van der Waals surface area (Å²) in [5.74, 6) is 1.17. The van der Waals surface area contributed by atoms with Crippen molar-refractivity contribution in [2.24, 2.45) is 11.8 Å². The summed E-state index contributed by atoms with van der Waals surface area (Å²) in [5.41, 5.74) is 3.87. The van der Waals surface area contributed by atoms with Crippen molar-refractivity contribution in [1.29, 1.82) is 5.26 Å². The second-order valence-electron chi connectivity index (χ2n) is 9.31. The zero-order valence-electron chi connectivity index (χ0n) is 18.3. The Labute approximate surface area is 178 Å². The van der Waals surface area contributed by atoms with Crippen molar-refractivity contribution < 1.29 is 9.90 Å². The maximum Gasteiger partial charge on any atom is 0.229 e. The first-order valence-electron chi connectivity index (χ1n) is 10.7. The predicted molar refractivity (Wildman–Crippen MR) is 116 cm³/mol. The van der Waals surface area contributed by atoms with Crippen molar-refractivity contribution in [3.05, 3.63) is 52.9 Å². The summed E-state index contributed by atoms with van der Waals surface area (Å²) in [7, 11) is 0. The normalized spacial score (nSPS) is 27.8. The van der Waals surface area contributed by atoms with Gasteiger partial charge >= 0.3 is 0 Å². The molecule has 4 atom stereocenters. The number of rotatable bonds is 2. The molecule has 2 aromatic rings. The Bertz CT molecular complexity index is 1070. The fourth-order valence-electron chi connectivity index (χ4n) is 5.43. The standard InChI is InChI=1S/C25H29N3O2/c1-14(2)17-6-8-18(9-7-17)24-27-23-21(28(24)16(4)29)11-10-20-15(3)22(30)19(13-26)12-25(20,23)5/h6-9,12,14-15,20,22,30H,10-11H2,1-5H3/t15-,20-,22?,25-/m1/s1. The molecule has 5 heteroatoms. The van der Waals surface area contributed by atoms with E-state index < -0.39 is 11.5 Å². The van der Waals surface area contributed by atoms with Gasteiger partial charge in [-0.15, -0.1) is 0 Å². The van der Waals surface area contributed by atoms with E-state index in [9.17, 15) is 15.2 Å². The number of carbonyl (C=O) groups excluding carboxylic acids is 1. The monoisotopic (exact) mass is 403 g/mol. The topological polar surface area (TPSA) is 78.9 Å². The summed E-state index contributed by atoms with van der Waals surface area (Å²) in [6.07, 6.45) is 2.73. The number of aromatic nitrogens is 2. The van der Waals surface area contributed by atoms with Crippen LogP contribution >= 0.6 is 0 Å². The number of nitrogens with zero attached hydrogens (tertiary/aromatic N) is 3. The van der Waals surface area contributed by atoms with E-state index in [1.54, 1.807) is 11.5 Å². The van der Waals surface area contributed by atoms with Crippen LogP contribution in [0.2, 0.25) is 0 Å². The molecule has 2 aliphatic rings. The lowest BCUT2D eigenvalue weighted by Gasteiger charge is -2.46. The van der Waals surface area contributed by atoms with Crippen LogP contribution in [0.3, 0.4) is 0 Å². The zero-order valence-corrected chi connectivity index (χ0v) is 18.3. The quantitative estimate of drug-likeness (QED) is 0.794. The number of fused-ring (bicyclic) bond motifs is 3. The number of hydrogen-bond acceptors (Lipinski definition) is 4. The summed E-state index contributed by atoms with van der Waals surface area (Å²) in [4.78, 5) is 17.7. The highest BCUT2D eigenvalue weighted by atomic mass is 16.3. The molecule has 156 valence electrons. The summed E-state index contributed by atoms with van der Waals surface area (Å²) in [6.45, 7) is 9.99. The van der Waals surface area contributed by atoms with E-state index in [4.69, 9.17) is 4.98 Å². The number of nitriles is 1. The maximum atomic E-state index is 12.7. The Balaban J connectivity index is 1.92. The van der Waals surface area contributed by atoms with E-state index in [2.05, 4.69) is 39.0 Å². The van der Waals surface area contributed by atoms with Gasteiger partial charge in [-0.05, 0) is 36.2 Å². The van der Waals surface area contributed by atoms with Gasteiger partial charge in [-0.25, -0.2) is 4.98 Å².